The number of carbonyl (C=O) groups excluding carboxylic acids is 2. The summed E-state index contributed by atoms with van der Waals surface area (Å²) in [7, 11) is 0. The van der Waals surface area contributed by atoms with Gasteiger partial charge in [0.25, 0.3) is 5.91 Å². The fraction of sp³-hybridized carbons (Fsp3) is 0.417. The van der Waals surface area contributed by atoms with Gasteiger partial charge in [-0.05, 0) is 32.9 Å². The predicted molar refractivity (Wildman–Crippen MR) is 69.5 cm³/mol. The number of amides is 2. The second-order valence-electron chi connectivity index (χ2n) is 4.20. The van der Waals surface area contributed by atoms with Crippen molar-refractivity contribution in [3.05, 3.63) is 29.0 Å². The Morgan fingerprint density at radius 1 is 1.22 bits per heavy atom. The molecule has 2 N–H and O–H groups in total. The second kappa shape index (κ2) is 6.35. The van der Waals surface area contributed by atoms with Crippen LogP contribution in [0.1, 0.15) is 31.3 Å². The summed E-state index contributed by atoms with van der Waals surface area (Å²) in [5.74, 6) is -0.663. The Balaban J connectivity index is 2.62. The fourth-order valence-electron chi connectivity index (χ4n) is 1.28. The zero-order valence-electron chi connectivity index (χ0n) is 10.5. The van der Waals surface area contributed by atoms with Crippen molar-refractivity contribution in [3.63, 3.8) is 0 Å². The molecule has 0 saturated carbocycles. The molecule has 2 amide bonds. The maximum Gasteiger partial charge on any atom is 0.270 e. The minimum absolute atomic E-state index is 0.0288. The van der Waals surface area contributed by atoms with Crippen LogP contribution in [0, 0.1) is 0 Å². The normalized spacial score (nSPS) is 12.1. The largest absolute Gasteiger partial charge is 0.352 e. The third-order valence-electron chi connectivity index (χ3n) is 2.12. The molecule has 0 aromatic carbocycles. The van der Waals surface area contributed by atoms with Crippen molar-refractivity contribution in [1.82, 2.24) is 15.6 Å². The van der Waals surface area contributed by atoms with Gasteiger partial charge in [0.2, 0.25) is 5.91 Å². The second-order valence-corrected chi connectivity index (χ2v) is 4.59. The maximum atomic E-state index is 11.8. The molecular formula is C12H16ClN3O2. The molecule has 5 nitrogen and oxygen atoms in total. The highest BCUT2D eigenvalue weighted by Gasteiger charge is 2.17. The van der Waals surface area contributed by atoms with Gasteiger partial charge in [-0.15, -0.1) is 0 Å². The summed E-state index contributed by atoms with van der Waals surface area (Å²) in [6.45, 7) is 5.32. The van der Waals surface area contributed by atoms with Crippen LogP contribution in [0.2, 0.25) is 5.15 Å². The highest BCUT2D eigenvalue weighted by Crippen LogP contribution is 2.05. The zero-order valence-corrected chi connectivity index (χ0v) is 11.3. The summed E-state index contributed by atoms with van der Waals surface area (Å²) in [6, 6.07) is 4.15. The lowest BCUT2D eigenvalue weighted by molar-refractivity contribution is -0.123. The van der Waals surface area contributed by atoms with Crippen LogP contribution in [0.5, 0.6) is 0 Å². The molecular weight excluding hydrogens is 254 g/mol. The lowest BCUT2D eigenvalue weighted by Crippen LogP contribution is -2.46. The summed E-state index contributed by atoms with van der Waals surface area (Å²) < 4.78 is 0. The van der Waals surface area contributed by atoms with Gasteiger partial charge in [0.05, 0.1) is 0 Å². The van der Waals surface area contributed by atoms with Gasteiger partial charge in [0, 0.05) is 6.04 Å². The third kappa shape index (κ3) is 4.33. The maximum absolute atomic E-state index is 11.8. The number of halogens is 1. The van der Waals surface area contributed by atoms with Crippen LogP contribution < -0.4 is 10.6 Å². The molecule has 0 spiro atoms. The van der Waals surface area contributed by atoms with Gasteiger partial charge >= 0.3 is 0 Å². The molecule has 98 valence electrons. The van der Waals surface area contributed by atoms with Crippen LogP contribution >= 0.6 is 11.6 Å². The van der Waals surface area contributed by atoms with Gasteiger partial charge < -0.3 is 10.6 Å². The lowest BCUT2D eigenvalue weighted by Gasteiger charge is -2.15. The van der Waals surface area contributed by atoms with Crippen molar-refractivity contribution in [1.29, 1.82) is 0 Å². The van der Waals surface area contributed by atoms with Crippen LogP contribution in [-0.4, -0.2) is 28.9 Å². The predicted octanol–water partition coefficient (Wildman–Crippen LogP) is 1.38. The Bertz CT molecular complexity index is 449. The van der Waals surface area contributed by atoms with E-state index in [0.717, 1.165) is 0 Å². The fourth-order valence-corrected chi connectivity index (χ4v) is 1.44. The smallest absolute Gasteiger partial charge is 0.270 e. The molecule has 1 aromatic rings. The van der Waals surface area contributed by atoms with Gasteiger partial charge in [-0.1, -0.05) is 17.7 Å². The van der Waals surface area contributed by atoms with E-state index in [1.807, 2.05) is 13.8 Å². The minimum atomic E-state index is -0.624. The molecule has 0 aliphatic carbocycles. The average Bonchev–Trinajstić information content (AvgIpc) is 2.27. The minimum Gasteiger partial charge on any atom is -0.352 e. The van der Waals surface area contributed by atoms with Gasteiger partial charge in [-0.25, -0.2) is 4.98 Å². The molecule has 1 aromatic heterocycles. The summed E-state index contributed by atoms with van der Waals surface area (Å²) in [5, 5.41) is 5.50. The van der Waals surface area contributed by atoms with Crippen molar-refractivity contribution in [2.24, 2.45) is 0 Å². The highest BCUT2D eigenvalue weighted by atomic mass is 35.5. The van der Waals surface area contributed by atoms with Gasteiger partial charge in [-0.3, -0.25) is 9.59 Å². The first kappa shape index (κ1) is 14.4. The van der Waals surface area contributed by atoms with E-state index in [2.05, 4.69) is 15.6 Å². The SMILES string of the molecule is CC(C)NC(=O)C(C)NC(=O)c1cccc(Cl)n1. The van der Waals surface area contributed by atoms with Crippen molar-refractivity contribution in [3.8, 4) is 0 Å². The van der Waals surface area contributed by atoms with Gasteiger partial charge in [-0.2, -0.15) is 0 Å². The van der Waals surface area contributed by atoms with Crippen molar-refractivity contribution in [2.45, 2.75) is 32.9 Å². The average molecular weight is 270 g/mol. The van der Waals surface area contributed by atoms with E-state index in [-0.39, 0.29) is 22.8 Å². The van der Waals surface area contributed by atoms with Crippen LogP contribution in [0.4, 0.5) is 0 Å². The summed E-state index contributed by atoms with van der Waals surface area (Å²) in [4.78, 5) is 27.3. The van der Waals surface area contributed by atoms with Crippen LogP contribution in [0.25, 0.3) is 0 Å². The first-order chi connectivity index (χ1) is 8.40. The van der Waals surface area contributed by atoms with Gasteiger partial charge in [0.1, 0.15) is 16.9 Å². The quantitative estimate of drug-likeness (QED) is 0.811. The van der Waals surface area contributed by atoms with Crippen LogP contribution in [0.15, 0.2) is 18.2 Å². The molecule has 0 fully saturated rings. The Morgan fingerprint density at radius 2 is 1.89 bits per heavy atom. The third-order valence-corrected chi connectivity index (χ3v) is 2.33. The summed E-state index contributed by atoms with van der Waals surface area (Å²) >= 11 is 5.69. The number of aromatic nitrogens is 1. The number of rotatable bonds is 4. The topological polar surface area (TPSA) is 71.1 Å². The Morgan fingerprint density at radius 3 is 2.44 bits per heavy atom. The van der Waals surface area contributed by atoms with E-state index >= 15 is 0 Å². The molecule has 1 rings (SSSR count). The number of nitrogens with zero attached hydrogens (tertiary/aromatic N) is 1. The standard InChI is InChI=1S/C12H16ClN3O2/c1-7(2)14-11(17)8(3)15-12(18)9-5-4-6-10(13)16-9/h4-8H,1-3H3,(H,14,17)(H,15,18). The highest BCUT2D eigenvalue weighted by molar-refractivity contribution is 6.29. The van der Waals surface area contributed by atoms with E-state index in [9.17, 15) is 9.59 Å². The number of pyridine rings is 1. The molecule has 0 aliphatic rings. The Kier molecular flexibility index (Phi) is 5.09. The number of carbonyl (C=O) groups is 2. The molecule has 0 bridgehead atoms. The van der Waals surface area contributed by atoms with Crippen LogP contribution in [0.3, 0.4) is 0 Å². The molecule has 1 atom stereocenters. The molecule has 0 radical (unpaired) electrons. The molecule has 1 heterocycles. The summed E-state index contributed by atoms with van der Waals surface area (Å²) in [6.07, 6.45) is 0. The molecule has 18 heavy (non-hydrogen) atoms. The van der Waals surface area contributed by atoms with E-state index < -0.39 is 11.9 Å². The van der Waals surface area contributed by atoms with Crippen molar-refractivity contribution < 1.29 is 9.59 Å². The molecule has 1 unspecified atom stereocenters. The zero-order chi connectivity index (χ0) is 13.7. The number of hydrogen-bond acceptors (Lipinski definition) is 3. The van der Waals surface area contributed by atoms with Crippen molar-refractivity contribution in [2.75, 3.05) is 0 Å². The molecule has 6 heteroatoms. The number of hydrogen-bond donors (Lipinski definition) is 2. The molecule has 0 saturated heterocycles. The number of nitrogens with one attached hydrogen (secondary N) is 2. The monoisotopic (exact) mass is 269 g/mol. The van der Waals surface area contributed by atoms with E-state index in [1.165, 1.54) is 6.07 Å². The van der Waals surface area contributed by atoms with Gasteiger partial charge in [0.15, 0.2) is 0 Å². The Labute approximate surface area is 111 Å². The van der Waals surface area contributed by atoms with Crippen LogP contribution in [-0.2, 0) is 4.79 Å². The van der Waals surface area contributed by atoms with E-state index in [0.29, 0.717) is 0 Å². The first-order valence-electron chi connectivity index (χ1n) is 5.64. The van der Waals surface area contributed by atoms with E-state index in [4.69, 9.17) is 11.6 Å². The summed E-state index contributed by atoms with van der Waals surface area (Å²) in [5.41, 5.74) is 0.187. The first-order valence-corrected chi connectivity index (χ1v) is 6.01. The van der Waals surface area contributed by atoms with Crippen molar-refractivity contribution >= 4 is 23.4 Å². The molecule has 0 aliphatic heterocycles. The Hall–Kier alpha value is -1.62. The lowest BCUT2D eigenvalue weighted by atomic mass is 10.2. The van der Waals surface area contributed by atoms with E-state index in [1.54, 1.807) is 19.1 Å².